The number of carbonyl (C=O) groups is 1. The van der Waals surface area contributed by atoms with Crippen LogP contribution in [0.5, 0.6) is 0 Å². The van der Waals surface area contributed by atoms with E-state index < -0.39 is 11.4 Å². The van der Waals surface area contributed by atoms with Crippen LogP contribution in [0.15, 0.2) is 0 Å². The van der Waals surface area contributed by atoms with Crippen LogP contribution < -0.4 is 0 Å². The molecule has 1 unspecified atom stereocenters. The predicted molar refractivity (Wildman–Crippen MR) is 156 cm³/mol. The minimum absolute atomic E-state index is 0.452. The van der Waals surface area contributed by atoms with Crippen LogP contribution in [0.25, 0.3) is 0 Å². The lowest BCUT2D eigenvalue weighted by atomic mass is 9.69. The summed E-state index contributed by atoms with van der Waals surface area (Å²) in [5.41, 5.74) is -0.0976. The first-order valence-corrected chi connectivity index (χ1v) is 16.1. The van der Waals surface area contributed by atoms with Crippen LogP contribution in [0.2, 0.25) is 0 Å². The molecule has 0 aliphatic carbocycles. The first-order chi connectivity index (χ1) is 16.9. The smallest absolute Gasteiger partial charge is 0.309 e. The van der Waals surface area contributed by atoms with Gasteiger partial charge in [-0.3, -0.25) is 4.79 Å². The summed E-state index contributed by atoms with van der Waals surface area (Å²) in [7, 11) is 0. The third-order valence-corrected chi connectivity index (χ3v) is 8.91. The van der Waals surface area contributed by atoms with Gasteiger partial charge in [0.1, 0.15) is 0 Å². The minimum Gasteiger partial charge on any atom is -0.481 e. The predicted octanol–water partition coefficient (Wildman–Crippen LogP) is 11.9. The molecule has 2 nitrogen and oxygen atoms in total. The van der Waals surface area contributed by atoms with Crippen molar-refractivity contribution in [2.24, 2.45) is 10.8 Å². The zero-order valence-corrected chi connectivity index (χ0v) is 25.0. The van der Waals surface area contributed by atoms with Crippen molar-refractivity contribution in [2.45, 2.75) is 195 Å². The van der Waals surface area contributed by atoms with Crippen molar-refractivity contribution in [3.8, 4) is 0 Å². The van der Waals surface area contributed by atoms with Crippen LogP contribution in [0, 0.1) is 10.8 Å². The van der Waals surface area contributed by atoms with Crippen LogP contribution in [-0.4, -0.2) is 11.1 Å². The lowest BCUT2D eigenvalue weighted by Crippen LogP contribution is -2.28. The average Bonchev–Trinajstić information content (AvgIpc) is 2.85. The molecule has 0 amide bonds. The quantitative estimate of drug-likeness (QED) is 0.115. The Kier molecular flexibility index (Phi) is 22.3. The molecule has 35 heavy (non-hydrogen) atoms. The molecule has 1 N–H and O–H groups in total. The average molecular weight is 495 g/mol. The van der Waals surface area contributed by atoms with Crippen LogP contribution in [0.3, 0.4) is 0 Å². The zero-order chi connectivity index (χ0) is 26.3. The van der Waals surface area contributed by atoms with Crippen molar-refractivity contribution in [1.29, 1.82) is 0 Å². The molecule has 0 aromatic carbocycles. The molecule has 0 aromatic rings. The fourth-order valence-electron chi connectivity index (χ4n) is 5.88. The number of unbranched alkanes of at least 4 members (excludes halogenated alkanes) is 15. The van der Waals surface area contributed by atoms with Crippen molar-refractivity contribution >= 4 is 5.97 Å². The van der Waals surface area contributed by atoms with Crippen molar-refractivity contribution < 1.29 is 9.90 Å². The Balaban J connectivity index is 5.12. The summed E-state index contributed by atoms with van der Waals surface area (Å²) in [6, 6.07) is 0. The second-order valence-electron chi connectivity index (χ2n) is 12.1. The molecule has 0 aliphatic heterocycles. The summed E-state index contributed by atoms with van der Waals surface area (Å²) in [5, 5.41) is 9.79. The molecule has 2 heteroatoms. The highest BCUT2D eigenvalue weighted by atomic mass is 16.4. The van der Waals surface area contributed by atoms with Crippen molar-refractivity contribution in [3.63, 3.8) is 0 Å². The van der Waals surface area contributed by atoms with E-state index in [1.165, 1.54) is 141 Å². The lowest BCUT2D eigenvalue weighted by molar-refractivity contribution is -0.148. The van der Waals surface area contributed by atoms with Gasteiger partial charge in [-0.1, -0.05) is 150 Å². The SMILES string of the molecule is CCCCCCCCC(CCCCCCCC)(CCCCCCCC)CCCC(C)(CC)C(=O)O. The van der Waals surface area contributed by atoms with Crippen molar-refractivity contribution in [2.75, 3.05) is 0 Å². The van der Waals surface area contributed by atoms with E-state index in [0.29, 0.717) is 5.41 Å². The normalized spacial score (nSPS) is 13.7. The highest BCUT2D eigenvalue weighted by Crippen LogP contribution is 2.43. The van der Waals surface area contributed by atoms with Crippen LogP contribution in [0.1, 0.15) is 195 Å². The van der Waals surface area contributed by atoms with Gasteiger partial charge in [-0.2, -0.15) is 0 Å². The third kappa shape index (κ3) is 17.5. The van der Waals surface area contributed by atoms with Crippen molar-refractivity contribution in [1.82, 2.24) is 0 Å². The minimum atomic E-state index is -0.603. The first-order valence-electron chi connectivity index (χ1n) is 16.1. The summed E-state index contributed by atoms with van der Waals surface area (Å²) in [4.78, 5) is 11.9. The van der Waals surface area contributed by atoms with E-state index in [1.54, 1.807) is 0 Å². The largest absolute Gasteiger partial charge is 0.481 e. The fraction of sp³-hybridized carbons (Fsp3) is 0.970. The molecule has 0 saturated carbocycles. The molecule has 0 saturated heterocycles. The second kappa shape index (κ2) is 22.7. The molecule has 0 heterocycles. The van der Waals surface area contributed by atoms with E-state index in [0.717, 1.165) is 19.3 Å². The standard InChI is InChI=1S/C33H66O2/c1-6-10-13-16-19-22-27-33(28-23-20-17-14-11-7-2,29-24-21-18-15-12-8-3)30-25-26-32(5,9-4)31(34)35/h6-30H2,1-5H3,(H,34,35). The van der Waals surface area contributed by atoms with Gasteiger partial charge in [0.05, 0.1) is 5.41 Å². The number of carboxylic acid groups (broad SMARTS) is 1. The van der Waals surface area contributed by atoms with Gasteiger partial charge < -0.3 is 5.11 Å². The molecule has 0 rings (SSSR count). The van der Waals surface area contributed by atoms with E-state index in [9.17, 15) is 9.90 Å². The van der Waals surface area contributed by atoms with Gasteiger partial charge in [-0.05, 0) is 50.9 Å². The molecule has 0 spiro atoms. The Morgan fingerprint density at radius 1 is 0.486 bits per heavy atom. The summed E-state index contributed by atoms with van der Waals surface area (Å²) in [6.45, 7) is 10.9. The number of carboxylic acids is 1. The third-order valence-electron chi connectivity index (χ3n) is 8.91. The second-order valence-corrected chi connectivity index (χ2v) is 12.1. The molecular formula is C33H66O2. The van der Waals surface area contributed by atoms with Crippen molar-refractivity contribution in [3.05, 3.63) is 0 Å². The number of aliphatic carboxylic acids is 1. The lowest BCUT2D eigenvalue weighted by Gasteiger charge is -2.36. The Bertz CT molecular complexity index is 431. The van der Waals surface area contributed by atoms with Gasteiger partial charge in [0.2, 0.25) is 0 Å². The number of hydrogen-bond donors (Lipinski definition) is 1. The van der Waals surface area contributed by atoms with Gasteiger partial charge in [0.25, 0.3) is 0 Å². The highest BCUT2D eigenvalue weighted by Gasteiger charge is 2.33. The topological polar surface area (TPSA) is 37.3 Å². The molecule has 1 atom stereocenters. The first kappa shape index (κ1) is 34.5. The van der Waals surface area contributed by atoms with E-state index >= 15 is 0 Å². The zero-order valence-electron chi connectivity index (χ0n) is 25.0. The number of rotatable bonds is 27. The summed E-state index contributed by atoms with van der Waals surface area (Å²) < 4.78 is 0. The summed E-state index contributed by atoms with van der Waals surface area (Å²) in [5.74, 6) is -0.603. The molecular weight excluding hydrogens is 428 g/mol. The van der Waals surface area contributed by atoms with Gasteiger partial charge in [-0.25, -0.2) is 0 Å². The van der Waals surface area contributed by atoms with Crippen LogP contribution >= 0.6 is 0 Å². The van der Waals surface area contributed by atoms with E-state index in [4.69, 9.17) is 0 Å². The van der Waals surface area contributed by atoms with E-state index in [2.05, 4.69) is 20.8 Å². The van der Waals surface area contributed by atoms with E-state index in [-0.39, 0.29) is 0 Å². The maximum atomic E-state index is 11.9. The Morgan fingerprint density at radius 2 is 0.800 bits per heavy atom. The molecule has 0 fully saturated rings. The Labute approximate surface area is 221 Å². The Morgan fingerprint density at radius 3 is 1.11 bits per heavy atom. The maximum absolute atomic E-state index is 11.9. The summed E-state index contributed by atoms with van der Waals surface area (Å²) >= 11 is 0. The fourth-order valence-corrected chi connectivity index (χ4v) is 5.88. The van der Waals surface area contributed by atoms with Crippen LogP contribution in [0.4, 0.5) is 0 Å². The molecule has 0 aliphatic rings. The number of hydrogen-bond acceptors (Lipinski definition) is 1. The summed E-state index contributed by atoms with van der Waals surface area (Å²) in [6.07, 6.45) is 32.8. The molecule has 0 radical (unpaired) electrons. The molecule has 0 aromatic heterocycles. The highest BCUT2D eigenvalue weighted by molar-refractivity contribution is 5.73. The molecule has 210 valence electrons. The van der Waals surface area contributed by atoms with Gasteiger partial charge in [-0.15, -0.1) is 0 Å². The molecule has 0 bridgehead atoms. The Hall–Kier alpha value is -0.530. The van der Waals surface area contributed by atoms with Gasteiger partial charge in [0, 0.05) is 0 Å². The van der Waals surface area contributed by atoms with Gasteiger partial charge in [0.15, 0.2) is 0 Å². The maximum Gasteiger partial charge on any atom is 0.309 e. The monoisotopic (exact) mass is 495 g/mol. The van der Waals surface area contributed by atoms with E-state index in [1.807, 2.05) is 13.8 Å². The van der Waals surface area contributed by atoms with Gasteiger partial charge >= 0.3 is 5.97 Å². The van der Waals surface area contributed by atoms with Crippen LogP contribution in [-0.2, 0) is 4.79 Å².